The fourth-order valence-electron chi connectivity index (χ4n) is 2.70. The summed E-state index contributed by atoms with van der Waals surface area (Å²) in [5.41, 5.74) is -0.181. The van der Waals surface area contributed by atoms with Crippen molar-refractivity contribution in [3.05, 3.63) is 35.4 Å². The second kappa shape index (κ2) is 6.31. The summed E-state index contributed by atoms with van der Waals surface area (Å²) in [7, 11) is 0. The number of halogens is 2. The van der Waals surface area contributed by atoms with Crippen LogP contribution in [0.15, 0.2) is 18.2 Å². The van der Waals surface area contributed by atoms with E-state index in [1.165, 1.54) is 6.07 Å². The summed E-state index contributed by atoms with van der Waals surface area (Å²) in [6.07, 6.45) is 4.99. The van der Waals surface area contributed by atoms with Crippen LogP contribution in [0, 0.1) is 17.0 Å². The van der Waals surface area contributed by atoms with Gasteiger partial charge in [0.15, 0.2) is 11.6 Å². The Morgan fingerprint density at radius 1 is 1.20 bits per heavy atom. The number of benzene rings is 1. The molecule has 1 aromatic carbocycles. The van der Waals surface area contributed by atoms with Gasteiger partial charge in [0.05, 0.1) is 6.61 Å². The van der Waals surface area contributed by atoms with Gasteiger partial charge in [0.25, 0.3) is 5.91 Å². The minimum atomic E-state index is -1.04. The molecule has 20 heavy (non-hydrogen) atoms. The molecule has 0 unspecified atom stereocenters. The minimum Gasteiger partial charge on any atom is -0.396 e. The highest BCUT2D eigenvalue weighted by molar-refractivity contribution is 5.94. The van der Waals surface area contributed by atoms with Crippen molar-refractivity contribution in [2.24, 2.45) is 5.41 Å². The molecule has 1 saturated carbocycles. The fourth-order valence-corrected chi connectivity index (χ4v) is 2.70. The maximum Gasteiger partial charge on any atom is 0.251 e. The van der Waals surface area contributed by atoms with E-state index in [2.05, 4.69) is 5.32 Å². The molecule has 0 spiro atoms. The number of hydrogen-bond acceptors (Lipinski definition) is 2. The average Bonchev–Trinajstić information content (AvgIpc) is 2.48. The van der Waals surface area contributed by atoms with Crippen molar-refractivity contribution in [3.8, 4) is 0 Å². The van der Waals surface area contributed by atoms with Gasteiger partial charge in [-0.05, 0) is 31.0 Å². The van der Waals surface area contributed by atoms with E-state index in [0.717, 1.165) is 44.2 Å². The molecule has 0 aliphatic heterocycles. The van der Waals surface area contributed by atoms with Crippen molar-refractivity contribution in [2.75, 3.05) is 13.2 Å². The van der Waals surface area contributed by atoms with Gasteiger partial charge in [-0.1, -0.05) is 19.3 Å². The number of aliphatic hydroxyl groups excluding tert-OH is 1. The Morgan fingerprint density at radius 2 is 1.90 bits per heavy atom. The van der Waals surface area contributed by atoms with Crippen molar-refractivity contribution < 1.29 is 18.7 Å². The first-order valence-corrected chi connectivity index (χ1v) is 6.90. The Kier molecular flexibility index (Phi) is 4.70. The average molecular weight is 283 g/mol. The second-order valence-electron chi connectivity index (χ2n) is 5.53. The van der Waals surface area contributed by atoms with E-state index in [-0.39, 0.29) is 17.6 Å². The zero-order valence-corrected chi connectivity index (χ0v) is 11.3. The van der Waals surface area contributed by atoms with Crippen molar-refractivity contribution in [1.29, 1.82) is 0 Å². The van der Waals surface area contributed by atoms with E-state index in [1.54, 1.807) is 0 Å². The van der Waals surface area contributed by atoms with Crippen LogP contribution in [0.4, 0.5) is 8.78 Å². The van der Waals surface area contributed by atoms with Crippen LogP contribution in [0.25, 0.3) is 0 Å². The molecule has 0 atom stereocenters. The molecule has 2 rings (SSSR count). The van der Waals surface area contributed by atoms with E-state index in [4.69, 9.17) is 0 Å². The maximum absolute atomic E-state index is 13.1. The molecular weight excluding hydrogens is 264 g/mol. The third-order valence-electron chi connectivity index (χ3n) is 4.06. The van der Waals surface area contributed by atoms with E-state index in [9.17, 15) is 18.7 Å². The summed E-state index contributed by atoms with van der Waals surface area (Å²) in [5, 5.41) is 12.3. The van der Waals surface area contributed by atoms with Gasteiger partial charge in [-0.25, -0.2) is 8.78 Å². The summed E-state index contributed by atoms with van der Waals surface area (Å²) in [6.45, 7) is 0.395. The highest BCUT2D eigenvalue weighted by atomic mass is 19.2. The van der Waals surface area contributed by atoms with Crippen LogP contribution < -0.4 is 5.32 Å². The van der Waals surface area contributed by atoms with Crippen LogP contribution >= 0.6 is 0 Å². The topological polar surface area (TPSA) is 49.3 Å². The molecule has 0 bridgehead atoms. The molecule has 0 saturated heterocycles. The lowest BCUT2D eigenvalue weighted by molar-refractivity contribution is 0.0718. The first-order valence-electron chi connectivity index (χ1n) is 6.90. The molecule has 110 valence electrons. The lowest BCUT2D eigenvalue weighted by Gasteiger charge is -2.35. The fraction of sp³-hybridized carbons (Fsp3) is 0.533. The molecule has 3 nitrogen and oxygen atoms in total. The predicted octanol–water partition coefficient (Wildman–Crippen LogP) is 2.64. The van der Waals surface area contributed by atoms with Crippen LogP contribution in [0.5, 0.6) is 0 Å². The van der Waals surface area contributed by atoms with E-state index in [1.807, 2.05) is 0 Å². The normalized spacial score (nSPS) is 17.8. The predicted molar refractivity (Wildman–Crippen MR) is 71.3 cm³/mol. The summed E-state index contributed by atoms with van der Waals surface area (Å²) in [5.74, 6) is -2.45. The zero-order chi connectivity index (χ0) is 14.6. The summed E-state index contributed by atoms with van der Waals surface area (Å²) < 4.78 is 25.9. The molecule has 0 aromatic heterocycles. The van der Waals surface area contributed by atoms with E-state index < -0.39 is 17.5 Å². The first kappa shape index (κ1) is 14.9. The standard InChI is InChI=1S/C15H19F2NO2/c16-12-5-4-11(8-13(12)17)14(20)18-9-15(10-19)6-2-1-3-7-15/h4-5,8,19H,1-3,6-7,9-10H2,(H,18,20). The Labute approximate surface area is 117 Å². The summed E-state index contributed by atoms with van der Waals surface area (Å²) in [6, 6.07) is 3.07. The number of nitrogens with one attached hydrogen (secondary N) is 1. The number of rotatable bonds is 4. The molecule has 0 radical (unpaired) electrons. The largest absolute Gasteiger partial charge is 0.396 e. The molecule has 0 heterocycles. The lowest BCUT2D eigenvalue weighted by atomic mass is 9.74. The highest BCUT2D eigenvalue weighted by Crippen LogP contribution is 2.35. The van der Waals surface area contributed by atoms with Gasteiger partial charge < -0.3 is 10.4 Å². The second-order valence-corrected chi connectivity index (χ2v) is 5.53. The Morgan fingerprint density at radius 3 is 2.50 bits per heavy atom. The van der Waals surface area contributed by atoms with Crippen LogP contribution in [-0.4, -0.2) is 24.2 Å². The molecule has 2 N–H and O–H groups in total. The number of amides is 1. The van der Waals surface area contributed by atoms with Crippen molar-refractivity contribution in [3.63, 3.8) is 0 Å². The van der Waals surface area contributed by atoms with Crippen LogP contribution in [0.1, 0.15) is 42.5 Å². The van der Waals surface area contributed by atoms with Crippen LogP contribution in [-0.2, 0) is 0 Å². The molecular formula is C15H19F2NO2. The molecule has 1 amide bonds. The summed E-state index contributed by atoms with van der Waals surface area (Å²) >= 11 is 0. The van der Waals surface area contributed by atoms with Crippen molar-refractivity contribution in [2.45, 2.75) is 32.1 Å². The Hall–Kier alpha value is -1.49. The third kappa shape index (κ3) is 3.33. The summed E-state index contributed by atoms with van der Waals surface area (Å²) in [4.78, 5) is 11.9. The van der Waals surface area contributed by atoms with Crippen LogP contribution in [0.3, 0.4) is 0 Å². The van der Waals surface area contributed by atoms with Gasteiger partial charge in [-0.15, -0.1) is 0 Å². The van der Waals surface area contributed by atoms with Gasteiger partial charge in [0.2, 0.25) is 0 Å². The molecule has 1 aromatic rings. The van der Waals surface area contributed by atoms with Gasteiger partial charge in [0, 0.05) is 17.5 Å². The van der Waals surface area contributed by atoms with Gasteiger partial charge in [-0.3, -0.25) is 4.79 Å². The molecule has 5 heteroatoms. The molecule has 1 aliphatic carbocycles. The zero-order valence-electron chi connectivity index (χ0n) is 11.3. The SMILES string of the molecule is O=C(NCC1(CO)CCCCC1)c1ccc(F)c(F)c1. The quantitative estimate of drug-likeness (QED) is 0.892. The third-order valence-corrected chi connectivity index (χ3v) is 4.06. The first-order chi connectivity index (χ1) is 9.56. The molecule has 1 fully saturated rings. The maximum atomic E-state index is 13.1. The van der Waals surface area contributed by atoms with E-state index >= 15 is 0 Å². The van der Waals surface area contributed by atoms with Crippen molar-refractivity contribution >= 4 is 5.91 Å². The number of aliphatic hydroxyl groups is 1. The lowest BCUT2D eigenvalue weighted by Crippen LogP contribution is -2.41. The van der Waals surface area contributed by atoms with Gasteiger partial charge in [-0.2, -0.15) is 0 Å². The van der Waals surface area contributed by atoms with Crippen molar-refractivity contribution in [1.82, 2.24) is 5.32 Å². The van der Waals surface area contributed by atoms with Gasteiger partial charge >= 0.3 is 0 Å². The Bertz CT molecular complexity index is 485. The Balaban J connectivity index is 1.98. The van der Waals surface area contributed by atoms with Gasteiger partial charge in [0.1, 0.15) is 0 Å². The molecule has 1 aliphatic rings. The smallest absolute Gasteiger partial charge is 0.251 e. The highest BCUT2D eigenvalue weighted by Gasteiger charge is 2.31. The number of carbonyl (C=O) groups is 1. The van der Waals surface area contributed by atoms with Crippen LogP contribution in [0.2, 0.25) is 0 Å². The monoisotopic (exact) mass is 283 g/mol. The number of carbonyl (C=O) groups excluding carboxylic acids is 1. The van der Waals surface area contributed by atoms with E-state index in [0.29, 0.717) is 6.54 Å². The minimum absolute atomic E-state index is 0.0328. The number of hydrogen-bond donors (Lipinski definition) is 2.